The van der Waals surface area contributed by atoms with Crippen LogP contribution >= 0.6 is 35.1 Å². The SMILES string of the molecule is O=C(O)CC1SC(=NN=C2c3cc(F)c(Cl)cc3SCC2Cc2ccccc2)NC1=O. The van der Waals surface area contributed by atoms with E-state index in [-0.39, 0.29) is 22.5 Å². The summed E-state index contributed by atoms with van der Waals surface area (Å²) < 4.78 is 14.3. The van der Waals surface area contributed by atoms with E-state index in [9.17, 15) is 14.0 Å². The number of amidine groups is 1. The lowest BCUT2D eigenvalue weighted by Gasteiger charge is -2.26. The van der Waals surface area contributed by atoms with Crippen LogP contribution in [-0.4, -0.2) is 38.9 Å². The number of aliphatic carboxylic acids is 1. The first-order chi connectivity index (χ1) is 14.9. The van der Waals surface area contributed by atoms with E-state index in [4.69, 9.17) is 16.7 Å². The van der Waals surface area contributed by atoms with Gasteiger partial charge in [-0.3, -0.25) is 9.59 Å². The molecule has 2 heterocycles. The lowest BCUT2D eigenvalue weighted by molar-refractivity contribution is -0.138. The van der Waals surface area contributed by atoms with Crippen molar-refractivity contribution >= 4 is 57.9 Å². The maximum absolute atomic E-state index is 14.3. The predicted octanol–water partition coefficient (Wildman–Crippen LogP) is 4.21. The molecule has 10 heteroatoms. The Morgan fingerprint density at radius 2 is 2.03 bits per heavy atom. The Labute approximate surface area is 191 Å². The fourth-order valence-electron chi connectivity index (χ4n) is 3.37. The number of benzene rings is 2. The summed E-state index contributed by atoms with van der Waals surface area (Å²) in [6, 6.07) is 12.9. The van der Waals surface area contributed by atoms with Crippen molar-refractivity contribution in [2.45, 2.75) is 23.0 Å². The van der Waals surface area contributed by atoms with E-state index >= 15 is 0 Å². The molecule has 2 aromatic carbocycles. The highest BCUT2D eigenvalue weighted by Gasteiger charge is 2.33. The first-order valence-electron chi connectivity index (χ1n) is 9.41. The highest BCUT2D eigenvalue weighted by molar-refractivity contribution is 8.15. The van der Waals surface area contributed by atoms with Gasteiger partial charge in [-0.15, -0.1) is 16.9 Å². The van der Waals surface area contributed by atoms with E-state index in [0.29, 0.717) is 23.4 Å². The summed E-state index contributed by atoms with van der Waals surface area (Å²) in [6.07, 6.45) is 0.397. The molecule has 2 N–H and O–H groups in total. The molecule has 1 fully saturated rings. The summed E-state index contributed by atoms with van der Waals surface area (Å²) in [4.78, 5) is 23.7. The number of hydrogen-bond acceptors (Lipinski definition) is 6. The van der Waals surface area contributed by atoms with Crippen molar-refractivity contribution < 1.29 is 19.1 Å². The van der Waals surface area contributed by atoms with Gasteiger partial charge in [0.15, 0.2) is 5.17 Å². The van der Waals surface area contributed by atoms with E-state index in [1.54, 1.807) is 17.8 Å². The van der Waals surface area contributed by atoms with Gasteiger partial charge in [-0.25, -0.2) is 4.39 Å². The molecule has 0 aromatic heterocycles. The summed E-state index contributed by atoms with van der Waals surface area (Å²) in [5.74, 6) is -1.32. The highest BCUT2D eigenvalue weighted by atomic mass is 35.5. The van der Waals surface area contributed by atoms with Crippen LogP contribution in [-0.2, 0) is 16.0 Å². The number of hydrogen-bond donors (Lipinski definition) is 2. The van der Waals surface area contributed by atoms with Crippen molar-refractivity contribution in [3.8, 4) is 0 Å². The number of carbonyl (C=O) groups excluding carboxylic acids is 1. The largest absolute Gasteiger partial charge is 0.481 e. The number of nitrogens with one attached hydrogen (secondary N) is 1. The Kier molecular flexibility index (Phi) is 6.64. The van der Waals surface area contributed by atoms with Crippen LogP contribution in [0.2, 0.25) is 5.02 Å². The molecule has 2 aliphatic heterocycles. The minimum Gasteiger partial charge on any atom is -0.481 e. The standard InChI is InChI=1S/C21H17ClFN3O3S2/c22-14-8-16-13(7-15(14)23)19(12(10-30-16)6-11-4-2-1-3-5-11)25-26-21-24-20(29)17(31-21)9-18(27)28/h1-5,7-8,12,17H,6,9-10H2,(H,27,28)(H,24,26,29). The summed E-state index contributed by atoms with van der Waals surface area (Å²) in [5, 5.41) is 19.6. The van der Waals surface area contributed by atoms with Gasteiger partial charge in [-0.05, 0) is 24.1 Å². The van der Waals surface area contributed by atoms with Crippen molar-refractivity contribution in [3.05, 3.63) is 64.4 Å². The molecule has 0 saturated carbocycles. The molecule has 1 amide bonds. The van der Waals surface area contributed by atoms with Crippen LogP contribution in [0.5, 0.6) is 0 Å². The van der Waals surface area contributed by atoms with Gasteiger partial charge in [0.1, 0.15) is 11.1 Å². The number of thioether (sulfide) groups is 2. The number of halogens is 2. The molecule has 2 atom stereocenters. The molecular formula is C21H17ClFN3O3S2. The molecule has 0 bridgehead atoms. The Morgan fingerprint density at radius 1 is 1.26 bits per heavy atom. The fourth-order valence-corrected chi connectivity index (χ4v) is 5.69. The maximum Gasteiger partial charge on any atom is 0.305 e. The summed E-state index contributed by atoms with van der Waals surface area (Å²) in [5.41, 5.74) is 2.36. The maximum atomic E-state index is 14.3. The van der Waals surface area contributed by atoms with Gasteiger partial charge in [0.05, 0.1) is 17.2 Å². The van der Waals surface area contributed by atoms with Crippen LogP contribution in [0.4, 0.5) is 4.39 Å². The van der Waals surface area contributed by atoms with Crippen LogP contribution in [0.15, 0.2) is 57.6 Å². The third-order valence-corrected chi connectivity index (χ3v) is 7.41. The summed E-state index contributed by atoms with van der Waals surface area (Å²) in [6.45, 7) is 0. The number of carboxylic acids is 1. The van der Waals surface area contributed by atoms with E-state index in [1.165, 1.54) is 6.07 Å². The molecule has 160 valence electrons. The van der Waals surface area contributed by atoms with E-state index in [0.717, 1.165) is 22.2 Å². The number of amides is 1. The molecule has 2 aromatic rings. The average Bonchev–Trinajstić information content (AvgIpc) is 3.07. The Hall–Kier alpha value is -2.36. The van der Waals surface area contributed by atoms with Gasteiger partial charge in [0.25, 0.3) is 0 Å². The van der Waals surface area contributed by atoms with Gasteiger partial charge in [0, 0.05) is 22.1 Å². The number of carboxylic acid groups (broad SMARTS) is 1. The van der Waals surface area contributed by atoms with Crippen molar-refractivity contribution in [2.75, 3.05) is 5.75 Å². The molecule has 4 rings (SSSR count). The van der Waals surface area contributed by atoms with Gasteiger partial charge in [0.2, 0.25) is 5.91 Å². The van der Waals surface area contributed by atoms with Crippen molar-refractivity contribution in [2.24, 2.45) is 16.1 Å². The van der Waals surface area contributed by atoms with Crippen LogP contribution in [0.3, 0.4) is 0 Å². The third kappa shape index (κ3) is 5.11. The monoisotopic (exact) mass is 477 g/mol. The number of fused-ring (bicyclic) bond motifs is 1. The lowest BCUT2D eigenvalue weighted by Crippen LogP contribution is -2.27. The Balaban J connectivity index is 1.67. The third-order valence-electron chi connectivity index (χ3n) is 4.84. The van der Waals surface area contributed by atoms with Crippen molar-refractivity contribution in [1.82, 2.24) is 5.32 Å². The Bertz CT molecular complexity index is 1090. The van der Waals surface area contributed by atoms with Gasteiger partial charge in [-0.2, -0.15) is 5.10 Å². The molecule has 2 unspecified atom stereocenters. The van der Waals surface area contributed by atoms with Gasteiger partial charge >= 0.3 is 5.97 Å². The lowest BCUT2D eigenvalue weighted by atomic mass is 9.91. The van der Waals surface area contributed by atoms with Crippen molar-refractivity contribution in [3.63, 3.8) is 0 Å². The minimum atomic E-state index is -1.06. The zero-order valence-electron chi connectivity index (χ0n) is 16.0. The number of nitrogens with zero attached hydrogens (tertiary/aromatic N) is 2. The van der Waals surface area contributed by atoms with E-state index in [2.05, 4.69) is 15.5 Å². The second kappa shape index (κ2) is 9.42. The molecule has 2 aliphatic rings. The second-order valence-electron chi connectivity index (χ2n) is 7.04. The molecule has 0 aliphatic carbocycles. The Morgan fingerprint density at radius 3 is 2.77 bits per heavy atom. The summed E-state index contributed by atoms with van der Waals surface area (Å²) in [7, 11) is 0. The first-order valence-corrected chi connectivity index (χ1v) is 11.7. The topological polar surface area (TPSA) is 91.1 Å². The number of rotatable bonds is 5. The molecule has 0 radical (unpaired) electrons. The predicted molar refractivity (Wildman–Crippen MR) is 122 cm³/mol. The zero-order chi connectivity index (χ0) is 22.0. The minimum absolute atomic E-state index is 0.0262. The normalized spacial score (nSPS) is 23.1. The molecule has 1 saturated heterocycles. The van der Waals surface area contributed by atoms with Crippen LogP contribution < -0.4 is 5.32 Å². The van der Waals surface area contributed by atoms with Gasteiger partial charge < -0.3 is 10.4 Å². The second-order valence-corrected chi connectivity index (χ2v) is 9.70. The van der Waals surface area contributed by atoms with Crippen LogP contribution in [0.25, 0.3) is 0 Å². The van der Waals surface area contributed by atoms with Crippen LogP contribution in [0.1, 0.15) is 17.5 Å². The fraction of sp³-hybridized carbons (Fsp3) is 0.238. The molecule has 0 spiro atoms. The summed E-state index contributed by atoms with van der Waals surface area (Å²) >= 11 is 8.58. The van der Waals surface area contributed by atoms with E-state index < -0.39 is 22.9 Å². The molecule has 31 heavy (non-hydrogen) atoms. The number of carbonyl (C=O) groups is 2. The van der Waals surface area contributed by atoms with Crippen molar-refractivity contribution in [1.29, 1.82) is 0 Å². The smallest absolute Gasteiger partial charge is 0.305 e. The first kappa shape index (κ1) is 21.9. The quantitative estimate of drug-likeness (QED) is 0.629. The average molecular weight is 478 g/mol. The van der Waals surface area contributed by atoms with Crippen LogP contribution in [0, 0.1) is 11.7 Å². The molecule has 6 nitrogen and oxygen atoms in total. The van der Waals surface area contributed by atoms with Gasteiger partial charge in [-0.1, -0.05) is 53.7 Å². The highest BCUT2D eigenvalue weighted by Crippen LogP contribution is 2.37. The van der Waals surface area contributed by atoms with E-state index in [1.807, 2.05) is 30.3 Å². The zero-order valence-corrected chi connectivity index (χ0v) is 18.4. The molecular weight excluding hydrogens is 461 g/mol.